The van der Waals surface area contributed by atoms with E-state index in [-0.39, 0.29) is 22.2 Å². The quantitative estimate of drug-likeness (QED) is 0.400. The monoisotopic (exact) mass is 457 g/mol. The van der Waals surface area contributed by atoms with Gasteiger partial charge in [-0.3, -0.25) is 0 Å². The van der Waals surface area contributed by atoms with E-state index in [1.807, 2.05) is 0 Å². The average molecular weight is 458 g/mol. The predicted molar refractivity (Wildman–Crippen MR) is 139 cm³/mol. The van der Waals surface area contributed by atoms with Gasteiger partial charge >= 0.3 is 0 Å². The summed E-state index contributed by atoms with van der Waals surface area (Å²) < 4.78 is 11.6. The van der Waals surface area contributed by atoms with Crippen LogP contribution in [0.2, 0.25) is 13.1 Å². The maximum Gasteiger partial charge on any atom is 0.211 e. The highest BCUT2D eigenvalue weighted by molar-refractivity contribution is 6.71. The molecule has 31 heavy (non-hydrogen) atoms. The molecule has 2 fully saturated rings. The van der Waals surface area contributed by atoms with E-state index in [0.29, 0.717) is 12.1 Å². The van der Waals surface area contributed by atoms with Crippen molar-refractivity contribution in [3.63, 3.8) is 0 Å². The van der Waals surface area contributed by atoms with Crippen molar-refractivity contribution >= 4 is 8.32 Å². The standard InChI is InChI=1S/C13H29NO2Si.C10H22N2.C2H4/c1-12(2)8-11(9-13(3,4)14-12)16-10-17(6,7)15-5;1-9(2)6-8(11-5)7-10(3,4)12-9;1-2/h11,14H,8-10H2,1-7H3;8,11-12H,6-7H2,1-5H3;1-2H2. The van der Waals surface area contributed by atoms with Crippen LogP contribution in [0.4, 0.5) is 0 Å². The van der Waals surface area contributed by atoms with Crippen LogP contribution in [0.25, 0.3) is 0 Å². The largest absolute Gasteiger partial charge is 0.418 e. The van der Waals surface area contributed by atoms with Crippen molar-refractivity contribution in [3.8, 4) is 0 Å². The zero-order valence-corrected chi connectivity index (χ0v) is 23.9. The number of piperidine rings is 2. The molecule has 186 valence electrons. The van der Waals surface area contributed by atoms with Crippen LogP contribution in [0.5, 0.6) is 0 Å². The van der Waals surface area contributed by atoms with E-state index in [2.05, 4.69) is 105 Å². The number of nitrogens with one attached hydrogen (secondary N) is 3. The Labute approximate surface area is 195 Å². The lowest BCUT2D eigenvalue weighted by Crippen LogP contribution is -2.61. The van der Waals surface area contributed by atoms with E-state index >= 15 is 0 Å². The van der Waals surface area contributed by atoms with Crippen molar-refractivity contribution in [1.82, 2.24) is 16.0 Å². The average Bonchev–Trinajstić information content (AvgIpc) is 2.57. The van der Waals surface area contributed by atoms with Gasteiger partial charge in [-0.15, -0.1) is 13.2 Å². The molecule has 0 aromatic rings. The first-order valence-electron chi connectivity index (χ1n) is 11.8. The molecule has 2 aliphatic heterocycles. The fourth-order valence-electron chi connectivity index (χ4n) is 5.25. The summed E-state index contributed by atoms with van der Waals surface area (Å²) in [4.78, 5) is 0. The summed E-state index contributed by atoms with van der Waals surface area (Å²) in [5.41, 5.74) is 0.862. The summed E-state index contributed by atoms with van der Waals surface area (Å²) in [6.07, 6.45) is 5.72. The molecule has 2 heterocycles. The molecule has 0 spiro atoms. The molecule has 0 aromatic carbocycles. The zero-order valence-electron chi connectivity index (χ0n) is 22.9. The second-order valence-corrected chi connectivity index (χ2v) is 16.7. The van der Waals surface area contributed by atoms with Crippen molar-refractivity contribution in [2.24, 2.45) is 0 Å². The highest BCUT2D eigenvalue weighted by atomic mass is 28.4. The smallest absolute Gasteiger partial charge is 0.211 e. The second kappa shape index (κ2) is 11.8. The number of ether oxygens (including phenoxy) is 1. The van der Waals surface area contributed by atoms with Crippen LogP contribution in [0, 0.1) is 0 Å². The first-order chi connectivity index (χ1) is 13.9. The third kappa shape index (κ3) is 12.5. The number of hydrogen-bond donors (Lipinski definition) is 3. The van der Waals surface area contributed by atoms with Gasteiger partial charge in [0.15, 0.2) is 0 Å². The first-order valence-corrected chi connectivity index (χ1v) is 14.9. The fraction of sp³-hybridized carbons (Fsp3) is 0.920. The minimum Gasteiger partial charge on any atom is -0.418 e. The van der Waals surface area contributed by atoms with E-state index in [1.54, 1.807) is 7.11 Å². The van der Waals surface area contributed by atoms with Gasteiger partial charge in [-0.05, 0) is 101 Å². The Balaban J connectivity index is 0.000000564. The van der Waals surface area contributed by atoms with Crippen molar-refractivity contribution < 1.29 is 9.16 Å². The summed E-state index contributed by atoms with van der Waals surface area (Å²) in [6, 6.07) is 0.663. The van der Waals surface area contributed by atoms with Crippen molar-refractivity contribution in [2.75, 3.05) is 20.4 Å². The summed E-state index contributed by atoms with van der Waals surface area (Å²) in [5, 5.41) is 10.7. The van der Waals surface area contributed by atoms with Crippen LogP contribution < -0.4 is 16.0 Å². The Bertz CT molecular complexity index is 501. The van der Waals surface area contributed by atoms with E-state index in [0.717, 1.165) is 19.1 Å². The molecule has 0 aliphatic carbocycles. The van der Waals surface area contributed by atoms with E-state index < -0.39 is 8.32 Å². The van der Waals surface area contributed by atoms with Gasteiger partial charge < -0.3 is 25.1 Å². The van der Waals surface area contributed by atoms with Gasteiger partial charge in [-0.2, -0.15) is 0 Å². The zero-order chi connectivity index (χ0) is 24.7. The van der Waals surface area contributed by atoms with Crippen molar-refractivity contribution in [2.45, 2.75) is 128 Å². The van der Waals surface area contributed by atoms with Crippen LogP contribution in [0.15, 0.2) is 13.2 Å². The molecule has 6 heteroatoms. The highest BCUT2D eigenvalue weighted by Gasteiger charge is 2.39. The Morgan fingerprint density at radius 1 is 0.806 bits per heavy atom. The van der Waals surface area contributed by atoms with Gasteiger partial charge in [-0.25, -0.2) is 0 Å². The molecular formula is C25H55N3O2Si. The summed E-state index contributed by atoms with van der Waals surface area (Å²) in [7, 11) is 2.26. The molecule has 0 amide bonds. The molecule has 0 bridgehead atoms. The van der Waals surface area contributed by atoms with E-state index in [1.165, 1.54) is 12.8 Å². The Hall–Kier alpha value is -0.243. The molecule has 0 unspecified atom stereocenters. The molecule has 2 aliphatic rings. The predicted octanol–water partition coefficient (Wildman–Crippen LogP) is 5.02. The Kier molecular flexibility index (Phi) is 11.7. The maximum atomic E-state index is 6.11. The van der Waals surface area contributed by atoms with Crippen LogP contribution in [-0.2, 0) is 9.16 Å². The topological polar surface area (TPSA) is 54.5 Å². The van der Waals surface area contributed by atoms with E-state index in [4.69, 9.17) is 9.16 Å². The van der Waals surface area contributed by atoms with Gasteiger partial charge in [0.05, 0.1) is 12.3 Å². The SMILES string of the molecule is C=C.CNC1CC(C)(C)NC(C)(C)C1.CO[Si](C)(C)COC1CC(C)(C)NC(C)(C)C1. The third-order valence-corrected chi connectivity index (χ3v) is 7.94. The van der Waals surface area contributed by atoms with Crippen LogP contribution >= 0.6 is 0 Å². The molecule has 0 radical (unpaired) electrons. The lowest BCUT2D eigenvalue weighted by molar-refractivity contribution is -0.00843. The van der Waals surface area contributed by atoms with Crippen molar-refractivity contribution in [3.05, 3.63) is 13.2 Å². The summed E-state index contributed by atoms with van der Waals surface area (Å²) in [5.74, 6) is 0. The first kappa shape index (κ1) is 30.8. The van der Waals surface area contributed by atoms with Crippen LogP contribution in [0.3, 0.4) is 0 Å². The summed E-state index contributed by atoms with van der Waals surface area (Å²) >= 11 is 0. The molecule has 3 N–H and O–H groups in total. The molecule has 0 aromatic heterocycles. The molecule has 0 atom stereocenters. The molecule has 2 rings (SSSR count). The Morgan fingerprint density at radius 2 is 1.16 bits per heavy atom. The van der Waals surface area contributed by atoms with Crippen LogP contribution in [0.1, 0.15) is 81.1 Å². The second-order valence-electron chi connectivity index (χ2n) is 12.5. The number of hydrogen-bond acceptors (Lipinski definition) is 5. The minimum atomic E-state index is -1.60. The van der Waals surface area contributed by atoms with Gasteiger partial charge in [0.25, 0.3) is 0 Å². The number of rotatable bonds is 5. The molecule has 2 saturated heterocycles. The lowest BCUT2D eigenvalue weighted by Gasteiger charge is -2.46. The lowest BCUT2D eigenvalue weighted by atomic mass is 9.80. The van der Waals surface area contributed by atoms with Crippen LogP contribution in [-0.4, -0.2) is 63.0 Å². The summed E-state index contributed by atoms with van der Waals surface area (Å²) in [6.45, 7) is 28.5. The van der Waals surface area contributed by atoms with Gasteiger partial charge in [0.2, 0.25) is 8.32 Å². The van der Waals surface area contributed by atoms with Crippen molar-refractivity contribution in [1.29, 1.82) is 0 Å². The van der Waals surface area contributed by atoms with E-state index in [9.17, 15) is 0 Å². The minimum absolute atomic E-state index is 0.158. The van der Waals surface area contributed by atoms with Gasteiger partial charge in [0.1, 0.15) is 0 Å². The molecular weight excluding hydrogens is 402 g/mol. The highest BCUT2D eigenvalue weighted by Crippen LogP contribution is 2.31. The third-order valence-electron chi connectivity index (χ3n) is 5.97. The fourth-order valence-corrected chi connectivity index (χ4v) is 6.01. The van der Waals surface area contributed by atoms with Gasteiger partial charge in [-0.1, -0.05) is 0 Å². The maximum absolute atomic E-state index is 6.11. The van der Waals surface area contributed by atoms with Gasteiger partial charge in [0, 0.05) is 35.3 Å². The Morgan fingerprint density at radius 3 is 1.48 bits per heavy atom. The molecule has 5 nitrogen and oxygen atoms in total. The normalized spacial score (nSPS) is 24.9. The molecule has 0 saturated carbocycles.